The lowest BCUT2D eigenvalue weighted by molar-refractivity contribution is -0.137. The second-order valence-electron chi connectivity index (χ2n) is 3.88. The minimum atomic E-state index is -4.32. The van der Waals surface area contributed by atoms with E-state index in [0.717, 1.165) is 12.1 Å². The molecule has 1 amide bonds. The van der Waals surface area contributed by atoms with E-state index >= 15 is 0 Å². The van der Waals surface area contributed by atoms with Crippen LogP contribution >= 0.6 is 11.8 Å². The average molecular weight is 277 g/mol. The Morgan fingerprint density at radius 3 is 2.28 bits per heavy atom. The van der Waals surface area contributed by atoms with Crippen LogP contribution < -0.4 is 0 Å². The highest BCUT2D eigenvalue weighted by atomic mass is 32.2. The third kappa shape index (κ3) is 4.25. The Hall–Kier alpha value is -1.17. The molecule has 0 unspecified atom stereocenters. The Labute approximate surface area is 108 Å². The van der Waals surface area contributed by atoms with Crippen molar-refractivity contribution in [1.82, 2.24) is 4.90 Å². The fraction of sp³-hybridized carbons (Fsp3) is 0.417. The number of amides is 1. The number of nitrogens with zero attached hydrogens (tertiary/aromatic N) is 1. The molecule has 6 heteroatoms. The lowest BCUT2D eigenvalue weighted by atomic mass is 10.1. The van der Waals surface area contributed by atoms with Crippen LogP contribution in [0, 0.1) is 0 Å². The molecule has 0 heterocycles. The Bertz CT molecular complexity index is 403. The van der Waals surface area contributed by atoms with E-state index in [0.29, 0.717) is 17.9 Å². The summed E-state index contributed by atoms with van der Waals surface area (Å²) in [6.07, 6.45) is -2.50. The van der Waals surface area contributed by atoms with E-state index in [-0.39, 0.29) is 5.91 Å². The van der Waals surface area contributed by atoms with Crippen molar-refractivity contribution in [3.05, 3.63) is 35.4 Å². The average Bonchev–Trinajstić information content (AvgIpc) is 2.28. The highest BCUT2D eigenvalue weighted by Gasteiger charge is 2.29. The van der Waals surface area contributed by atoms with Gasteiger partial charge in [-0.25, -0.2) is 0 Å². The monoisotopic (exact) mass is 277 g/mol. The summed E-state index contributed by atoms with van der Waals surface area (Å²) in [4.78, 5) is 13.0. The first kappa shape index (κ1) is 14.9. The van der Waals surface area contributed by atoms with Crippen molar-refractivity contribution >= 4 is 17.7 Å². The summed E-state index contributed by atoms with van der Waals surface area (Å²) in [6, 6.07) is 4.85. The smallest absolute Gasteiger partial charge is 0.341 e. The van der Waals surface area contributed by atoms with Crippen LogP contribution in [0.5, 0.6) is 0 Å². The Kier molecular flexibility index (Phi) is 5.07. The minimum Gasteiger partial charge on any atom is -0.341 e. The summed E-state index contributed by atoms with van der Waals surface area (Å²) in [5.41, 5.74) is 0.00398. The summed E-state index contributed by atoms with van der Waals surface area (Å²) in [6.45, 7) is 0.317. The Morgan fingerprint density at radius 1 is 1.28 bits per heavy atom. The number of halogens is 3. The normalized spacial score (nSPS) is 11.4. The molecule has 100 valence electrons. The number of thioether (sulfide) groups is 1. The largest absolute Gasteiger partial charge is 0.416 e. The molecular weight excluding hydrogens is 263 g/mol. The van der Waals surface area contributed by atoms with Gasteiger partial charge in [0, 0.05) is 13.6 Å². The number of rotatable bonds is 4. The summed E-state index contributed by atoms with van der Waals surface area (Å²) >= 11 is 1.41. The number of hydrogen-bond acceptors (Lipinski definition) is 2. The lowest BCUT2D eigenvalue weighted by Gasteiger charge is -2.17. The van der Waals surface area contributed by atoms with Crippen LogP contribution in [0.25, 0.3) is 0 Å². The molecule has 2 nitrogen and oxygen atoms in total. The SMILES string of the molecule is CSCC(=O)N(C)Cc1ccc(C(F)(F)F)cc1. The molecule has 1 aromatic rings. The molecule has 0 saturated carbocycles. The van der Waals surface area contributed by atoms with Crippen molar-refractivity contribution in [2.75, 3.05) is 19.1 Å². The molecule has 0 spiro atoms. The van der Waals surface area contributed by atoms with E-state index in [4.69, 9.17) is 0 Å². The fourth-order valence-electron chi connectivity index (χ4n) is 1.39. The van der Waals surface area contributed by atoms with Crippen molar-refractivity contribution in [3.8, 4) is 0 Å². The molecule has 1 aromatic carbocycles. The van der Waals surface area contributed by atoms with Crippen LogP contribution in [0.1, 0.15) is 11.1 Å². The van der Waals surface area contributed by atoms with Crippen LogP contribution in [0.4, 0.5) is 13.2 Å². The van der Waals surface area contributed by atoms with Gasteiger partial charge in [-0.15, -0.1) is 0 Å². The molecular formula is C12H14F3NOS. The molecule has 0 N–H and O–H groups in total. The van der Waals surface area contributed by atoms with E-state index in [1.165, 1.54) is 28.8 Å². The molecule has 0 fully saturated rings. The molecule has 0 saturated heterocycles. The maximum atomic E-state index is 12.3. The second kappa shape index (κ2) is 6.13. The summed E-state index contributed by atoms with van der Waals surface area (Å²) in [7, 11) is 1.64. The van der Waals surface area contributed by atoms with Crippen LogP contribution in [0.2, 0.25) is 0 Å². The molecule has 0 atom stereocenters. The van der Waals surface area contributed by atoms with Gasteiger partial charge in [0.15, 0.2) is 0 Å². The zero-order chi connectivity index (χ0) is 13.8. The Morgan fingerprint density at radius 2 is 1.83 bits per heavy atom. The summed E-state index contributed by atoms with van der Waals surface area (Å²) < 4.78 is 37.0. The molecule has 0 aromatic heterocycles. The maximum absolute atomic E-state index is 12.3. The molecule has 0 bridgehead atoms. The number of alkyl halides is 3. The predicted molar refractivity (Wildman–Crippen MR) is 66.3 cm³/mol. The van der Waals surface area contributed by atoms with E-state index in [1.807, 2.05) is 6.26 Å². The first-order valence-electron chi connectivity index (χ1n) is 5.23. The van der Waals surface area contributed by atoms with Crippen LogP contribution in [0.15, 0.2) is 24.3 Å². The van der Waals surface area contributed by atoms with Crippen molar-refractivity contribution < 1.29 is 18.0 Å². The van der Waals surface area contributed by atoms with Crippen molar-refractivity contribution in [2.24, 2.45) is 0 Å². The third-order valence-corrected chi connectivity index (χ3v) is 2.93. The zero-order valence-electron chi connectivity index (χ0n) is 10.1. The van der Waals surface area contributed by atoms with Crippen molar-refractivity contribution in [2.45, 2.75) is 12.7 Å². The standard InChI is InChI=1S/C12H14F3NOS/c1-16(11(17)8-18-2)7-9-3-5-10(6-4-9)12(13,14)15/h3-6H,7-8H2,1-2H3. The van der Waals surface area contributed by atoms with Crippen LogP contribution in [-0.2, 0) is 17.5 Å². The highest BCUT2D eigenvalue weighted by molar-refractivity contribution is 7.99. The molecule has 0 aliphatic heterocycles. The quantitative estimate of drug-likeness (QED) is 0.843. The van der Waals surface area contributed by atoms with Gasteiger partial charge >= 0.3 is 6.18 Å². The van der Waals surface area contributed by atoms with E-state index in [2.05, 4.69) is 0 Å². The second-order valence-corrected chi connectivity index (χ2v) is 4.74. The predicted octanol–water partition coefficient (Wildman–Crippen LogP) is 3.03. The minimum absolute atomic E-state index is 0.0394. The fourth-order valence-corrected chi connectivity index (χ4v) is 1.86. The third-order valence-electron chi connectivity index (χ3n) is 2.39. The number of hydrogen-bond donors (Lipinski definition) is 0. The maximum Gasteiger partial charge on any atom is 0.416 e. The van der Waals surface area contributed by atoms with Gasteiger partial charge in [-0.05, 0) is 24.0 Å². The zero-order valence-corrected chi connectivity index (χ0v) is 10.9. The van der Waals surface area contributed by atoms with Gasteiger partial charge in [-0.3, -0.25) is 4.79 Å². The topological polar surface area (TPSA) is 20.3 Å². The number of carbonyl (C=O) groups excluding carboxylic acids is 1. The van der Waals surface area contributed by atoms with Gasteiger partial charge in [0.25, 0.3) is 0 Å². The van der Waals surface area contributed by atoms with Crippen LogP contribution in [0.3, 0.4) is 0 Å². The molecule has 1 rings (SSSR count). The number of carbonyl (C=O) groups is 1. The van der Waals surface area contributed by atoms with Gasteiger partial charge in [0.2, 0.25) is 5.91 Å². The Balaban J connectivity index is 2.67. The summed E-state index contributed by atoms with van der Waals surface area (Å²) in [5, 5.41) is 0. The van der Waals surface area contributed by atoms with E-state index in [1.54, 1.807) is 7.05 Å². The molecule has 0 aliphatic rings. The molecule has 0 aliphatic carbocycles. The van der Waals surface area contributed by atoms with Gasteiger partial charge in [-0.1, -0.05) is 12.1 Å². The lowest BCUT2D eigenvalue weighted by Crippen LogP contribution is -2.27. The van der Waals surface area contributed by atoms with E-state index in [9.17, 15) is 18.0 Å². The van der Waals surface area contributed by atoms with Crippen molar-refractivity contribution in [1.29, 1.82) is 0 Å². The van der Waals surface area contributed by atoms with Gasteiger partial charge < -0.3 is 4.90 Å². The first-order valence-corrected chi connectivity index (χ1v) is 6.63. The van der Waals surface area contributed by atoms with Gasteiger partial charge in [0.05, 0.1) is 11.3 Å². The van der Waals surface area contributed by atoms with Crippen LogP contribution in [-0.4, -0.2) is 29.9 Å². The number of benzene rings is 1. The van der Waals surface area contributed by atoms with Crippen molar-refractivity contribution in [3.63, 3.8) is 0 Å². The molecule has 18 heavy (non-hydrogen) atoms. The van der Waals surface area contributed by atoms with E-state index < -0.39 is 11.7 Å². The molecule has 0 radical (unpaired) electrons. The van der Waals surface area contributed by atoms with Gasteiger partial charge in [-0.2, -0.15) is 24.9 Å². The van der Waals surface area contributed by atoms with Gasteiger partial charge in [0.1, 0.15) is 0 Å². The first-order chi connectivity index (χ1) is 8.34. The highest BCUT2D eigenvalue weighted by Crippen LogP contribution is 2.29. The summed E-state index contributed by atoms with van der Waals surface area (Å²) in [5.74, 6) is 0.333.